The Kier molecular flexibility index (Phi) is 6.42. The topological polar surface area (TPSA) is 98.8 Å². The fourth-order valence-corrected chi connectivity index (χ4v) is 5.57. The first-order chi connectivity index (χ1) is 16.9. The SMILES string of the molecule is CNc1nc(C)c(-c2ccnc(Nc3ccc4[nH]c(C(=O)N5CCC(C(C)C)CC5)cc4c3)n2)s1. The molecule has 0 radical (unpaired) electrons. The summed E-state index contributed by atoms with van der Waals surface area (Å²) in [6, 6.07) is 9.79. The molecule has 4 aromatic rings. The number of likely N-dealkylation sites (tertiary alicyclic amines) is 1. The Hall–Kier alpha value is -3.46. The highest BCUT2D eigenvalue weighted by atomic mass is 32.1. The highest BCUT2D eigenvalue weighted by molar-refractivity contribution is 7.19. The Morgan fingerprint density at radius 3 is 2.69 bits per heavy atom. The quantitative estimate of drug-likeness (QED) is 0.322. The van der Waals surface area contributed by atoms with Crippen LogP contribution in [0.15, 0.2) is 36.5 Å². The molecule has 1 fully saturated rings. The zero-order chi connectivity index (χ0) is 24.5. The molecule has 1 aliphatic rings. The van der Waals surface area contributed by atoms with Crippen LogP contribution in [0, 0.1) is 18.8 Å². The predicted molar refractivity (Wildman–Crippen MR) is 142 cm³/mol. The van der Waals surface area contributed by atoms with Crippen molar-refractivity contribution in [1.29, 1.82) is 0 Å². The van der Waals surface area contributed by atoms with Crippen molar-refractivity contribution in [2.75, 3.05) is 30.8 Å². The lowest BCUT2D eigenvalue weighted by Crippen LogP contribution is -2.39. The molecular weight excluding hydrogens is 458 g/mol. The summed E-state index contributed by atoms with van der Waals surface area (Å²) in [5.74, 6) is 1.98. The van der Waals surface area contributed by atoms with Crippen molar-refractivity contribution < 1.29 is 4.79 Å². The van der Waals surface area contributed by atoms with E-state index in [-0.39, 0.29) is 5.91 Å². The number of thiazole rings is 1. The molecule has 0 spiro atoms. The van der Waals surface area contributed by atoms with Gasteiger partial charge in [0.1, 0.15) is 5.69 Å². The van der Waals surface area contributed by atoms with Crippen molar-refractivity contribution >= 4 is 44.9 Å². The normalized spacial score (nSPS) is 14.6. The Morgan fingerprint density at radius 2 is 1.97 bits per heavy atom. The number of nitrogens with one attached hydrogen (secondary N) is 3. The molecule has 1 aromatic carbocycles. The van der Waals surface area contributed by atoms with Gasteiger partial charge in [-0.1, -0.05) is 25.2 Å². The van der Waals surface area contributed by atoms with E-state index in [2.05, 4.69) is 39.4 Å². The van der Waals surface area contributed by atoms with E-state index in [9.17, 15) is 4.79 Å². The van der Waals surface area contributed by atoms with E-state index < -0.39 is 0 Å². The number of nitrogens with zero attached hydrogens (tertiary/aromatic N) is 4. The molecule has 0 atom stereocenters. The van der Waals surface area contributed by atoms with Gasteiger partial charge in [0.2, 0.25) is 5.95 Å². The second kappa shape index (κ2) is 9.65. The largest absolute Gasteiger partial charge is 0.365 e. The lowest BCUT2D eigenvalue weighted by atomic mass is 9.86. The number of anilines is 3. The minimum absolute atomic E-state index is 0.0785. The van der Waals surface area contributed by atoms with E-state index in [0.29, 0.717) is 23.5 Å². The van der Waals surface area contributed by atoms with E-state index in [1.54, 1.807) is 17.5 Å². The van der Waals surface area contributed by atoms with Crippen LogP contribution >= 0.6 is 11.3 Å². The van der Waals surface area contributed by atoms with Gasteiger partial charge in [-0.3, -0.25) is 4.79 Å². The smallest absolute Gasteiger partial charge is 0.270 e. The monoisotopic (exact) mass is 489 g/mol. The summed E-state index contributed by atoms with van der Waals surface area (Å²) >= 11 is 1.57. The molecule has 9 heteroatoms. The molecule has 0 unspecified atom stereocenters. The van der Waals surface area contributed by atoms with E-state index in [4.69, 9.17) is 4.98 Å². The van der Waals surface area contributed by atoms with Crippen LogP contribution in [-0.4, -0.2) is 50.9 Å². The van der Waals surface area contributed by atoms with Crippen molar-refractivity contribution in [2.45, 2.75) is 33.6 Å². The molecule has 1 amide bonds. The fourth-order valence-electron chi connectivity index (χ4n) is 4.68. The number of hydrogen-bond donors (Lipinski definition) is 3. The number of carbonyl (C=O) groups is 1. The number of hydrogen-bond acceptors (Lipinski definition) is 7. The summed E-state index contributed by atoms with van der Waals surface area (Å²) in [4.78, 5) is 33.0. The second-order valence-corrected chi connectivity index (χ2v) is 10.4. The average molecular weight is 490 g/mol. The molecule has 4 heterocycles. The summed E-state index contributed by atoms with van der Waals surface area (Å²) in [6.07, 6.45) is 3.90. The highest BCUT2D eigenvalue weighted by Crippen LogP contribution is 2.32. The first-order valence-corrected chi connectivity index (χ1v) is 12.9. The maximum atomic E-state index is 13.1. The number of H-pyrrole nitrogens is 1. The highest BCUT2D eigenvalue weighted by Gasteiger charge is 2.26. The van der Waals surface area contributed by atoms with Crippen molar-refractivity contribution in [3.8, 4) is 10.6 Å². The Morgan fingerprint density at radius 1 is 1.17 bits per heavy atom. The van der Waals surface area contributed by atoms with Crippen LogP contribution in [0.4, 0.5) is 16.8 Å². The van der Waals surface area contributed by atoms with Gasteiger partial charge in [-0.15, -0.1) is 0 Å². The van der Waals surface area contributed by atoms with Gasteiger partial charge < -0.3 is 20.5 Å². The van der Waals surface area contributed by atoms with Crippen LogP contribution in [0.5, 0.6) is 0 Å². The molecule has 8 nitrogen and oxygen atoms in total. The lowest BCUT2D eigenvalue weighted by molar-refractivity contribution is 0.0663. The summed E-state index contributed by atoms with van der Waals surface area (Å²) < 4.78 is 0. The summed E-state index contributed by atoms with van der Waals surface area (Å²) in [6.45, 7) is 8.17. The molecule has 5 rings (SSSR count). The van der Waals surface area contributed by atoms with Crippen LogP contribution in [-0.2, 0) is 0 Å². The standard InChI is InChI=1S/C26H31N7OS/c1-15(2)17-8-11-33(12-9-17)24(34)22-14-18-13-19(5-6-20(18)31-22)30-25-28-10-7-21(32-25)23-16(3)29-26(27-4)35-23/h5-7,10,13-15,17,31H,8-9,11-12H2,1-4H3,(H,27,29)(H,28,30,32). The minimum atomic E-state index is 0.0785. The summed E-state index contributed by atoms with van der Waals surface area (Å²) in [5, 5.41) is 8.22. The van der Waals surface area contributed by atoms with Crippen molar-refractivity contribution in [2.24, 2.45) is 11.8 Å². The van der Waals surface area contributed by atoms with E-state index >= 15 is 0 Å². The van der Waals surface area contributed by atoms with Crippen LogP contribution in [0.1, 0.15) is 42.9 Å². The van der Waals surface area contributed by atoms with Gasteiger partial charge in [-0.05, 0) is 61.9 Å². The number of fused-ring (bicyclic) bond motifs is 1. The Labute approximate surface area is 209 Å². The van der Waals surface area contributed by atoms with Gasteiger partial charge in [0.05, 0.1) is 16.3 Å². The van der Waals surface area contributed by atoms with Crippen molar-refractivity contribution in [1.82, 2.24) is 24.8 Å². The van der Waals surface area contributed by atoms with Crippen LogP contribution in [0.2, 0.25) is 0 Å². The van der Waals surface area contributed by atoms with E-state index in [0.717, 1.165) is 63.9 Å². The molecule has 182 valence electrons. The third-order valence-corrected chi connectivity index (χ3v) is 7.97. The van der Waals surface area contributed by atoms with Gasteiger partial charge in [0.25, 0.3) is 5.91 Å². The van der Waals surface area contributed by atoms with Crippen molar-refractivity contribution in [3.05, 3.63) is 47.9 Å². The molecule has 0 saturated carbocycles. The molecular formula is C26H31N7OS. The van der Waals surface area contributed by atoms with Gasteiger partial charge in [0.15, 0.2) is 5.13 Å². The maximum absolute atomic E-state index is 13.1. The predicted octanol–water partition coefficient (Wildman–Crippen LogP) is 5.68. The molecule has 3 aromatic heterocycles. The zero-order valence-corrected chi connectivity index (χ0v) is 21.4. The number of rotatable bonds is 6. The molecule has 3 N–H and O–H groups in total. The van der Waals surface area contributed by atoms with E-state index in [1.807, 2.05) is 49.2 Å². The number of aromatic amines is 1. The van der Waals surface area contributed by atoms with Crippen LogP contribution in [0.25, 0.3) is 21.5 Å². The number of carbonyl (C=O) groups excluding carboxylic acids is 1. The number of aromatic nitrogens is 4. The average Bonchev–Trinajstić information content (AvgIpc) is 3.46. The summed E-state index contributed by atoms with van der Waals surface area (Å²) in [5.41, 5.74) is 4.20. The summed E-state index contributed by atoms with van der Waals surface area (Å²) in [7, 11) is 1.86. The number of piperidine rings is 1. The fraction of sp³-hybridized carbons (Fsp3) is 0.385. The van der Waals surface area contributed by atoms with Crippen molar-refractivity contribution in [3.63, 3.8) is 0 Å². The number of aryl methyl sites for hydroxylation is 1. The third-order valence-electron chi connectivity index (χ3n) is 6.78. The van der Waals surface area contributed by atoms with Crippen LogP contribution in [0.3, 0.4) is 0 Å². The van der Waals surface area contributed by atoms with Gasteiger partial charge >= 0.3 is 0 Å². The molecule has 1 aliphatic heterocycles. The van der Waals surface area contributed by atoms with Gasteiger partial charge in [-0.2, -0.15) is 0 Å². The van der Waals surface area contributed by atoms with Crippen LogP contribution < -0.4 is 10.6 Å². The molecule has 1 saturated heterocycles. The van der Waals surface area contributed by atoms with E-state index in [1.165, 1.54) is 0 Å². The number of amides is 1. The lowest BCUT2D eigenvalue weighted by Gasteiger charge is -2.33. The maximum Gasteiger partial charge on any atom is 0.270 e. The molecule has 0 aliphatic carbocycles. The molecule has 0 bridgehead atoms. The number of benzene rings is 1. The first-order valence-electron chi connectivity index (χ1n) is 12.1. The first kappa shape index (κ1) is 23.3. The Bertz CT molecular complexity index is 1350. The Balaban J connectivity index is 1.32. The minimum Gasteiger partial charge on any atom is -0.365 e. The van der Waals surface area contributed by atoms with Gasteiger partial charge in [0, 0.05) is 42.9 Å². The third kappa shape index (κ3) is 4.86. The van der Waals surface area contributed by atoms with Gasteiger partial charge in [-0.25, -0.2) is 15.0 Å². The molecule has 35 heavy (non-hydrogen) atoms. The zero-order valence-electron chi connectivity index (χ0n) is 20.6. The second-order valence-electron chi connectivity index (χ2n) is 9.43.